The third-order valence-electron chi connectivity index (χ3n) is 6.53. The molecule has 1 fully saturated rings. The molecule has 0 radical (unpaired) electrons. The largest absolute Gasteiger partial charge is 0.497 e. The Balaban J connectivity index is 1.66. The number of hydrogen-bond acceptors (Lipinski definition) is 5. The van der Waals surface area contributed by atoms with Gasteiger partial charge in [-0.05, 0) is 73.7 Å². The summed E-state index contributed by atoms with van der Waals surface area (Å²) in [5.74, 6) is 0.809. The summed E-state index contributed by atoms with van der Waals surface area (Å²) >= 11 is 0. The number of piperidine rings is 1. The van der Waals surface area contributed by atoms with E-state index in [1.807, 2.05) is 54.6 Å². The molecule has 0 aliphatic carbocycles. The molecule has 7 heteroatoms. The average Bonchev–Trinajstić information content (AvgIpc) is 2.86. The quantitative estimate of drug-likeness (QED) is 0.477. The van der Waals surface area contributed by atoms with Crippen LogP contribution in [-0.4, -0.2) is 52.4 Å². The highest BCUT2D eigenvalue weighted by molar-refractivity contribution is 5.83. The number of nitrogens with zero attached hydrogens (tertiary/aromatic N) is 2. The number of amides is 1. The fraction of sp³-hybridized carbons (Fsp3) is 0.385. The molecule has 3 atom stereocenters. The van der Waals surface area contributed by atoms with Crippen molar-refractivity contribution in [3.05, 3.63) is 71.9 Å². The van der Waals surface area contributed by atoms with Crippen LogP contribution in [-0.2, 0) is 6.54 Å². The number of aliphatic hydroxyl groups excluding tert-OH is 1. The van der Waals surface area contributed by atoms with E-state index in [4.69, 9.17) is 4.74 Å². The zero-order valence-corrected chi connectivity index (χ0v) is 18.9. The topological polar surface area (TPSA) is 94.9 Å². The summed E-state index contributed by atoms with van der Waals surface area (Å²) in [4.78, 5) is 18.3. The van der Waals surface area contributed by atoms with Gasteiger partial charge in [-0.3, -0.25) is 4.98 Å². The Bertz CT molecular complexity index is 1070. The summed E-state index contributed by atoms with van der Waals surface area (Å²) in [5.41, 5.74) is 2.43. The molecule has 7 nitrogen and oxygen atoms in total. The van der Waals surface area contributed by atoms with Gasteiger partial charge in [-0.15, -0.1) is 0 Å². The van der Waals surface area contributed by atoms with Gasteiger partial charge in [0.2, 0.25) is 0 Å². The van der Waals surface area contributed by atoms with Gasteiger partial charge in [0, 0.05) is 24.2 Å². The molecule has 0 spiro atoms. The van der Waals surface area contributed by atoms with Gasteiger partial charge in [0.1, 0.15) is 5.75 Å². The third-order valence-corrected chi connectivity index (χ3v) is 6.53. The van der Waals surface area contributed by atoms with Crippen molar-refractivity contribution >= 4 is 17.0 Å². The van der Waals surface area contributed by atoms with Crippen LogP contribution < -0.4 is 10.1 Å². The first-order valence-corrected chi connectivity index (χ1v) is 11.4. The third kappa shape index (κ3) is 5.43. The van der Waals surface area contributed by atoms with Crippen molar-refractivity contribution in [3.8, 4) is 5.75 Å². The van der Waals surface area contributed by atoms with Crippen molar-refractivity contribution in [3.63, 3.8) is 0 Å². The number of benzene rings is 2. The van der Waals surface area contributed by atoms with E-state index in [1.165, 1.54) is 4.90 Å². The molecule has 33 heavy (non-hydrogen) atoms. The highest BCUT2D eigenvalue weighted by Crippen LogP contribution is 2.33. The molecule has 1 saturated heterocycles. The normalized spacial score (nSPS) is 17.9. The number of rotatable bonds is 8. The molecule has 3 unspecified atom stereocenters. The van der Waals surface area contributed by atoms with Crippen molar-refractivity contribution in [1.29, 1.82) is 0 Å². The Kier molecular flexibility index (Phi) is 7.42. The standard InChI is InChI=1S/C26H31N3O4/c1-33-20-9-10-23-22(14-20)21(11-13-28-23)25(30)15-24(19-8-5-12-27-16-19)29(26(31)32)17-18-6-3-2-4-7-18/h2-4,6-7,9-11,13-14,19,24-25,27,30H,5,8,12,15-17H2,1H3,(H,31,32). The monoisotopic (exact) mass is 449 g/mol. The second-order valence-electron chi connectivity index (χ2n) is 8.60. The van der Waals surface area contributed by atoms with Gasteiger partial charge in [-0.2, -0.15) is 0 Å². The minimum Gasteiger partial charge on any atom is -0.497 e. The van der Waals surface area contributed by atoms with Crippen LogP contribution in [0.1, 0.15) is 36.5 Å². The van der Waals surface area contributed by atoms with Crippen molar-refractivity contribution in [2.75, 3.05) is 20.2 Å². The van der Waals surface area contributed by atoms with Crippen LogP contribution >= 0.6 is 0 Å². The lowest BCUT2D eigenvalue weighted by Gasteiger charge is -2.39. The Morgan fingerprint density at radius 3 is 2.76 bits per heavy atom. The molecule has 2 heterocycles. The number of carbonyl (C=O) groups is 1. The van der Waals surface area contributed by atoms with E-state index in [1.54, 1.807) is 13.3 Å². The Morgan fingerprint density at radius 2 is 2.06 bits per heavy atom. The van der Waals surface area contributed by atoms with Crippen molar-refractivity contribution in [2.24, 2.45) is 5.92 Å². The number of methoxy groups -OCH3 is 1. The number of ether oxygens (including phenoxy) is 1. The zero-order chi connectivity index (χ0) is 23.2. The number of carboxylic acid groups (broad SMARTS) is 1. The predicted molar refractivity (Wildman–Crippen MR) is 127 cm³/mol. The van der Waals surface area contributed by atoms with Crippen LogP contribution in [0.25, 0.3) is 10.9 Å². The van der Waals surface area contributed by atoms with Crippen molar-refractivity contribution < 1.29 is 19.7 Å². The number of pyridine rings is 1. The maximum Gasteiger partial charge on any atom is 0.407 e. The van der Waals surface area contributed by atoms with Gasteiger partial charge in [0.05, 0.1) is 18.7 Å². The van der Waals surface area contributed by atoms with Crippen LogP contribution in [0.4, 0.5) is 4.79 Å². The van der Waals surface area contributed by atoms with Gasteiger partial charge in [0.15, 0.2) is 0 Å². The highest BCUT2D eigenvalue weighted by Gasteiger charge is 2.34. The van der Waals surface area contributed by atoms with Gasteiger partial charge in [0.25, 0.3) is 0 Å². The van der Waals surface area contributed by atoms with E-state index in [0.29, 0.717) is 12.2 Å². The second-order valence-corrected chi connectivity index (χ2v) is 8.60. The molecule has 4 rings (SSSR count). The number of nitrogens with one attached hydrogen (secondary N) is 1. The van der Waals surface area contributed by atoms with E-state index >= 15 is 0 Å². The Labute approximate surface area is 194 Å². The predicted octanol–water partition coefficient (Wildman–Crippen LogP) is 4.22. The second kappa shape index (κ2) is 10.6. The maximum absolute atomic E-state index is 12.4. The van der Waals surface area contributed by atoms with Gasteiger partial charge < -0.3 is 25.2 Å². The number of fused-ring (bicyclic) bond motifs is 1. The molecule has 3 N–H and O–H groups in total. The highest BCUT2D eigenvalue weighted by atomic mass is 16.5. The summed E-state index contributed by atoms with van der Waals surface area (Å²) in [5, 5.41) is 25.7. The first kappa shape index (κ1) is 23.0. The summed E-state index contributed by atoms with van der Waals surface area (Å²) in [6, 6.07) is 16.7. The van der Waals surface area contributed by atoms with E-state index in [0.717, 1.165) is 48.0 Å². The summed E-state index contributed by atoms with van der Waals surface area (Å²) in [6.45, 7) is 1.96. The molecular formula is C26H31N3O4. The number of aromatic nitrogens is 1. The molecule has 2 aromatic carbocycles. The van der Waals surface area contributed by atoms with Crippen LogP contribution in [0.2, 0.25) is 0 Å². The van der Waals surface area contributed by atoms with E-state index in [-0.39, 0.29) is 18.5 Å². The van der Waals surface area contributed by atoms with E-state index in [9.17, 15) is 15.0 Å². The van der Waals surface area contributed by atoms with E-state index < -0.39 is 12.2 Å². The zero-order valence-electron chi connectivity index (χ0n) is 18.9. The summed E-state index contributed by atoms with van der Waals surface area (Å²) < 4.78 is 5.37. The van der Waals surface area contributed by atoms with Crippen molar-refractivity contribution in [1.82, 2.24) is 15.2 Å². The Morgan fingerprint density at radius 1 is 1.24 bits per heavy atom. The first-order valence-electron chi connectivity index (χ1n) is 11.4. The van der Waals surface area contributed by atoms with Crippen LogP contribution in [0.5, 0.6) is 5.75 Å². The Hall–Kier alpha value is -3.16. The molecular weight excluding hydrogens is 418 g/mol. The molecule has 0 bridgehead atoms. The minimum absolute atomic E-state index is 0.121. The molecule has 1 aliphatic rings. The minimum atomic E-state index is -0.970. The average molecular weight is 450 g/mol. The fourth-order valence-corrected chi connectivity index (χ4v) is 4.81. The molecule has 174 valence electrons. The maximum atomic E-state index is 12.4. The van der Waals surface area contributed by atoms with Crippen LogP contribution in [0.3, 0.4) is 0 Å². The van der Waals surface area contributed by atoms with Crippen LogP contribution in [0.15, 0.2) is 60.8 Å². The molecule has 1 amide bonds. The van der Waals surface area contributed by atoms with Crippen molar-refractivity contribution in [2.45, 2.75) is 38.0 Å². The summed E-state index contributed by atoms with van der Waals surface area (Å²) in [6.07, 6.45) is 2.10. The lowest BCUT2D eigenvalue weighted by atomic mass is 9.85. The van der Waals surface area contributed by atoms with Gasteiger partial charge in [-0.1, -0.05) is 30.3 Å². The molecule has 1 aliphatic heterocycles. The number of aliphatic hydroxyl groups is 1. The lowest BCUT2D eigenvalue weighted by molar-refractivity contribution is 0.0558. The number of hydrogen-bond donors (Lipinski definition) is 3. The smallest absolute Gasteiger partial charge is 0.407 e. The summed E-state index contributed by atoms with van der Waals surface area (Å²) in [7, 11) is 1.61. The molecule has 3 aromatic rings. The van der Waals surface area contributed by atoms with Gasteiger partial charge >= 0.3 is 6.09 Å². The molecule has 1 aromatic heterocycles. The fourth-order valence-electron chi connectivity index (χ4n) is 4.81. The van der Waals surface area contributed by atoms with E-state index in [2.05, 4.69) is 10.3 Å². The van der Waals surface area contributed by atoms with Crippen LogP contribution in [0, 0.1) is 5.92 Å². The molecule has 0 saturated carbocycles. The lowest BCUT2D eigenvalue weighted by Crippen LogP contribution is -2.48. The van der Waals surface area contributed by atoms with Gasteiger partial charge in [-0.25, -0.2) is 4.79 Å². The SMILES string of the molecule is COc1ccc2nccc(C(O)CC(C3CCCNC3)N(Cc3ccccc3)C(=O)O)c2c1. The first-order chi connectivity index (χ1) is 16.1.